The number of amides is 1. The number of nitrogens with one attached hydrogen (secondary N) is 1. The Kier molecular flexibility index (Phi) is 8.55. The molecule has 6 nitrogen and oxygen atoms in total. The third-order valence-corrected chi connectivity index (χ3v) is 3.51. The van der Waals surface area contributed by atoms with Crippen LogP contribution in [0.4, 0.5) is 4.39 Å². The monoisotopic (exact) mass is 373 g/mol. The second-order valence-corrected chi connectivity index (χ2v) is 6.89. The van der Waals surface area contributed by atoms with E-state index >= 15 is 0 Å². The van der Waals surface area contributed by atoms with Crippen molar-refractivity contribution < 1.29 is 9.18 Å². The Labute approximate surface area is 159 Å². The number of benzene rings is 1. The smallest absolute Gasteiger partial charge is 0.251 e. The van der Waals surface area contributed by atoms with Crippen LogP contribution in [0, 0.1) is 0 Å². The van der Waals surface area contributed by atoms with Crippen molar-refractivity contribution in [3.63, 3.8) is 0 Å². The number of rotatable bonds is 5. The first kappa shape index (κ1) is 22.2. The van der Waals surface area contributed by atoms with Crippen LogP contribution in [0.1, 0.15) is 31.1 Å². The van der Waals surface area contributed by atoms with E-state index in [1.54, 1.807) is 13.1 Å². The van der Waals surface area contributed by atoms with Crippen molar-refractivity contribution in [2.45, 2.75) is 32.9 Å². The molecule has 1 heterocycles. The van der Waals surface area contributed by atoms with E-state index in [0.717, 1.165) is 10.9 Å². The van der Waals surface area contributed by atoms with Gasteiger partial charge < -0.3 is 15.6 Å². The number of fused-ring (bicyclic) bond motifs is 1. The molecule has 146 valence electrons. The first-order chi connectivity index (χ1) is 12.8. The lowest BCUT2D eigenvalue weighted by molar-refractivity contribution is 0.0919. The fourth-order valence-corrected chi connectivity index (χ4v) is 2.34. The van der Waals surface area contributed by atoms with Gasteiger partial charge in [0.1, 0.15) is 0 Å². The van der Waals surface area contributed by atoms with Gasteiger partial charge in [-0.15, -0.1) is 0 Å². The highest BCUT2D eigenvalue weighted by molar-refractivity contribution is 5.98. The molecule has 1 amide bonds. The summed E-state index contributed by atoms with van der Waals surface area (Å²) in [4.78, 5) is 12.2. The van der Waals surface area contributed by atoms with E-state index in [-0.39, 0.29) is 18.0 Å². The number of nitrogens with two attached hydrogens (primary N) is 1. The molecule has 0 bridgehead atoms. The molecule has 0 aliphatic heterocycles. The maximum absolute atomic E-state index is 12.7. The van der Waals surface area contributed by atoms with Crippen molar-refractivity contribution in [2.75, 3.05) is 13.6 Å². The maximum Gasteiger partial charge on any atom is 0.251 e. The highest BCUT2D eigenvalue weighted by Gasteiger charge is 2.16. The van der Waals surface area contributed by atoms with Gasteiger partial charge in [-0.1, -0.05) is 6.58 Å². The summed E-state index contributed by atoms with van der Waals surface area (Å²) < 4.78 is 14.6. The fraction of sp³-hybridized carbons (Fsp3) is 0.350. The van der Waals surface area contributed by atoms with Gasteiger partial charge in [0.25, 0.3) is 5.91 Å². The Balaban J connectivity index is 0.000000646. The van der Waals surface area contributed by atoms with Crippen molar-refractivity contribution in [1.29, 1.82) is 0 Å². The minimum Gasteiger partial charge on any atom is -0.347 e. The van der Waals surface area contributed by atoms with Crippen LogP contribution >= 0.6 is 0 Å². The lowest BCUT2D eigenvalue weighted by atomic mass is 10.1. The number of aromatic nitrogens is 1. The minimum absolute atomic E-state index is 0.103. The summed E-state index contributed by atoms with van der Waals surface area (Å²) in [7, 11) is 1.60. The Bertz CT molecular complexity index is 830. The van der Waals surface area contributed by atoms with Crippen LogP contribution in [0.15, 0.2) is 65.4 Å². The summed E-state index contributed by atoms with van der Waals surface area (Å²) in [5.41, 5.74) is 7.29. The molecule has 27 heavy (non-hydrogen) atoms. The van der Waals surface area contributed by atoms with Crippen molar-refractivity contribution in [2.24, 2.45) is 16.0 Å². The Morgan fingerprint density at radius 2 is 2.07 bits per heavy atom. The molecular weight excluding hydrogens is 345 g/mol. The van der Waals surface area contributed by atoms with E-state index in [1.807, 2.05) is 49.7 Å². The summed E-state index contributed by atoms with van der Waals surface area (Å²) in [6.45, 7) is 9.71. The van der Waals surface area contributed by atoms with Gasteiger partial charge in [-0.2, -0.15) is 10.2 Å². The molecule has 7 heteroatoms. The predicted molar refractivity (Wildman–Crippen MR) is 108 cm³/mol. The van der Waals surface area contributed by atoms with Gasteiger partial charge in [0, 0.05) is 54.5 Å². The van der Waals surface area contributed by atoms with Crippen LogP contribution in [0.2, 0.25) is 0 Å². The van der Waals surface area contributed by atoms with E-state index in [0.29, 0.717) is 24.0 Å². The van der Waals surface area contributed by atoms with Crippen LogP contribution in [0.25, 0.3) is 10.9 Å². The number of carbonyl (C=O) groups is 1. The van der Waals surface area contributed by atoms with Gasteiger partial charge >= 0.3 is 0 Å². The fourth-order valence-electron chi connectivity index (χ4n) is 2.34. The topological polar surface area (TPSA) is 84.8 Å². The van der Waals surface area contributed by atoms with Crippen molar-refractivity contribution in [3.05, 3.63) is 60.7 Å². The molecule has 0 aliphatic carbocycles. The summed E-state index contributed by atoms with van der Waals surface area (Å²) in [6, 6.07) is 7.41. The average molecular weight is 373 g/mol. The summed E-state index contributed by atoms with van der Waals surface area (Å²) >= 11 is 0. The lowest BCUT2D eigenvalue weighted by Gasteiger charge is -2.20. The number of halogens is 1. The highest BCUT2D eigenvalue weighted by Crippen LogP contribution is 2.19. The SMILES string of the molecule is C=CN=NC.CC(C)(C)NC(=O)c1ccc2c(ccn2C/C(=C/F)CN)c1. The quantitative estimate of drug-likeness (QED) is 0.770. The highest BCUT2D eigenvalue weighted by atomic mass is 19.1. The van der Waals surface area contributed by atoms with E-state index in [9.17, 15) is 9.18 Å². The molecular formula is C20H28FN5O. The molecule has 0 saturated heterocycles. The van der Waals surface area contributed by atoms with Crippen molar-refractivity contribution >= 4 is 16.8 Å². The Morgan fingerprint density at radius 3 is 2.56 bits per heavy atom. The average Bonchev–Trinajstić information content (AvgIpc) is 3.01. The Morgan fingerprint density at radius 1 is 1.37 bits per heavy atom. The molecule has 0 radical (unpaired) electrons. The molecule has 0 spiro atoms. The van der Waals surface area contributed by atoms with E-state index in [4.69, 9.17) is 5.73 Å². The molecule has 0 atom stereocenters. The molecule has 0 fully saturated rings. The Hall–Kier alpha value is -2.80. The van der Waals surface area contributed by atoms with Crippen LogP contribution in [0.3, 0.4) is 0 Å². The van der Waals surface area contributed by atoms with Gasteiger partial charge in [-0.3, -0.25) is 4.79 Å². The van der Waals surface area contributed by atoms with Crippen molar-refractivity contribution in [1.82, 2.24) is 9.88 Å². The minimum atomic E-state index is -0.278. The molecule has 1 aromatic heterocycles. The number of hydrogen-bond acceptors (Lipinski definition) is 4. The van der Waals surface area contributed by atoms with Gasteiger partial charge in [0.15, 0.2) is 0 Å². The second kappa shape index (κ2) is 10.4. The lowest BCUT2D eigenvalue weighted by Crippen LogP contribution is -2.40. The molecule has 1 aromatic carbocycles. The van der Waals surface area contributed by atoms with E-state index in [2.05, 4.69) is 22.1 Å². The zero-order valence-corrected chi connectivity index (χ0v) is 16.4. The van der Waals surface area contributed by atoms with E-state index in [1.165, 1.54) is 6.20 Å². The predicted octanol–water partition coefficient (Wildman–Crippen LogP) is 4.19. The molecule has 2 aromatic rings. The van der Waals surface area contributed by atoms with Crippen LogP contribution in [-0.2, 0) is 6.54 Å². The first-order valence-electron chi connectivity index (χ1n) is 8.55. The molecule has 3 N–H and O–H groups in total. The standard InChI is InChI=1S/C17H22FN3O.C3H6N2/c1-17(2,3)20-16(22)14-4-5-15-13(8-14)6-7-21(15)11-12(9-18)10-19;1-3-5-4-2/h4-9H,10-11,19H2,1-3H3,(H,20,22);3H,1H2,2H3/b12-9+;. The third kappa shape index (κ3) is 7.15. The zero-order chi connectivity index (χ0) is 20.4. The van der Waals surface area contributed by atoms with Gasteiger partial charge in [0.05, 0.1) is 6.33 Å². The maximum atomic E-state index is 12.7. The van der Waals surface area contributed by atoms with Crippen LogP contribution in [0.5, 0.6) is 0 Å². The normalized spacial score (nSPS) is 12.0. The van der Waals surface area contributed by atoms with Crippen molar-refractivity contribution in [3.8, 4) is 0 Å². The molecule has 0 saturated carbocycles. The largest absolute Gasteiger partial charge is 0.347 e. The number of hydrogen-bond donors (Lipinski definition) is 2. The number of nitrogens with zero attached hydrogens (tertiary/aromatic N) is 3. The zero-order valence-electron chi connectivity index (χ0n) is 16.4. The summed E-state index contributed by atoms with van der Waals surface area (Å²) in [5.74, 6) is -0.103. The third-order valence-electron chi connectivity index (χ3n) is 3.51. The molecule has 0 unspecified atom stereocenters. The van der Waals surface area contributed by atoms with Gasteiger partial charge in [0.2, 0.25) is 0 Å². The number of azo groups is 1. The van der Waals surface area contributed by atoms with Gasteiger partial charge in [-0.05, 0) is 50.6 Å². The van der Waals surface area contributed by atoms with Crippen LogP contribution < -0.4 is 11.1 Å². The summed E-state index contributed by atoms with van der Waals surface area (Å²) in [6.07, 6.45) is 3.81. The second-order valence-electron chi connectivity index (χ2n) is 6.89. The number of carbonyl (C=O) groups excluding carboxylic acids is 1. The summed E-state index contributed by atoms with van der Waals surface area (Å²) in [5, 5.41) is 10.6. The van der Waals surface area contributed by atoms with Gasteiger partial charge in [-0.25, -0.2) is 4.39 Å². The molecule has 2 rings (SSSR count). The van der Waals surface area contributed by atoms with E-state index < -0.39 is 0 Å². The first-order valence-corrected chi connectivity index (χ1v) is 8.55. The molecule has 0 aliphatic rings. The van der Waals surface area contributed by atoms with Crippen LogP contribution in [-0.4, -0.2) is 29.6 Å².